The monoisotopic (exact) mass is 563 g/mol. The number of nitro groups is 1. The van der Waals surface area contributed by atoms with Crippen LogP contribution >= 0.6 is 0 Å². The van der Waals surface area contributed by atoms with Gasteiger partial charge in [-0.1, -0.05) is 0 Å². The molecule has 0 aliphatic rings. The molecule has 0 bridgehead atoms. The van der Waals surface area contributed by atoms with Gasteiger partial charge in [0.1, 0.15) is 0 Å². The summed E-state index contributed by atoms with van der Waals surface area (Å²) in [5.74, 6) is 0.510. The molecule has 0 amide bonds. The van der Waals surface area contributed by atoms with Crippen LogP contribution in [0.5, 0.6) is 0 Å². The van der Waals surface area contributed by atoms with Crippen molar-refractivity contribution in [2.75, 3.05) is 0 Å². The Labute approximate surface area is 215 Å². The Morgan fingerprint density at radius 2 is 1.61 bits per heavy atom. The summed E-state index contributed by atoms with van der Waals surface area (Å²) in [6.45, 7) is 3.30. The van der Waals surface area contributed by atoms with Crippen molar-refractivity contribution >= 4 is 48.0 Å². The van der Waals surface area contributed by atoms with Crippen LogP contribution in [0.2, 0.25) is 0 Å². The maximum atomic E-state index is 13.3. The third-order valence-electron chi connectivity index (χ3n) is 5.89. The zero-order valence-electron chi connectivity index (χ0n) is 19.4. The molecule has 2 aromatic heterocycles. The van der Waals surface area contributed by atoms with E-state index in [0.717, 1.165) is 5.56 Å². The molecule has 5 aromatic rings. The summed E-state index contributed by atoms with van der Waals surface area (Å²) in [7, 11) is -3.63. The Morgan fingerprint density at radius 1 is 0.917 bits per heavy atom. The normalized spacial score (nSPS) is 11.9. The van der Waals surface area contributed by atoms with Crippen molar-refractivity contribution in [2.45, 2.75) is 24.0 Å². The number of nitrogens with zero attached hydrogens (tertiary/aromatic N) is 3. The SMILES string of the molecule is CC(C)S(=O)(=O)c1cc(-c2[nH]c(-c3ccc([N+](=O)[O-])cc3)nc2-c2ccccc2)cc2[nH]c([AsH2])nc12. The molecule has 36 heavy (non-hydrogen) atoms. The molecule has 0 saturated carbocycles. The van der Waals surface area contributed by atoms with Crippen molar-refractivity contribution in [1.29, 1.82) is 0 Å². The number of nitro benzene ring substituents is 1. The second kappa shape index (κ2) is 9.04. The molecule has 1 atom stereocenters. The number of sulfone groups is 1. The zero-order chi connectivity index (χ0) is 25.6. The van der Waals surface area contributed by atoms with E-state index in [2.05, 4.69) is 15.0 Å². The van der Waals surface area contributed by atoms with Crippen molar-refractivity contribution in [1.82, 2.24) is 19.9 Å². The molecule has 1 unspecified atom stereocenters. The number of hydrogen-bond donors (Lipinski definition) is 2. The van der Waals surface area contributed by atoms with Crippen molar-refractivity contribution in [3.05, 3.63) is 76.8 Å². The van der Waals surface area contributed by atoms with Crippen LogP contribution in [0.4, 0.5) is 5.69 Å². The molecule has 11 heteroatoms. The van der Waals surface area contributed by atoms with Gasteiger partial charge >= 0.3 is 201 Å². The average Bonchev–Trinajstić information content (AvgIpc) is 3.47. The molecule has 2 heterocycles. The predicted molar refractivity (Wildman–Crippen MR) is 142 cm³/mol. The molecular formula is C25H22AsN5O4S. The third kappa shape index (κ3) is 4.23. The Bertz CT molecular complexity index is 1710. The first-order chi connectivity index (χ1) is 17.1. The Morgan fingerprint density at radius 3 is 2.25 bits per heavy atom. The van der Waals surface area contributed by atoms with Gasteiger partial charge in [-0.25, -0.2) is 0 Å². The van der Waals surface area contributed by atoms with E-state index in [1.165, 1.54) is 29.0 Å². The number of rotatable bonds is 6. The predicted octanol–water partition coefficient (Wildman–Crippen LogP) is 3.64. The van der Waals surface area contributed by atoms with Crippen molar-refractivity contribution in [3.8, 4) is 33.9 Å². The molecule has 0 fully saturated rings. The van der Waals surface area contributed by atoms with Gasteiger partial charge in [-0.3, -0.25) is 10.1 Å². The van der Waals surface area contributed by atoms with E-state index < -0.39 is 20.0 Å². The molecule has 5 rings (SSSR count). The van der Waals surface area contributed by atoms with Crippen LogP contribution in [-0.2, 0) is 9.84 Å². The van der Waals surface area contributed by atoms with Crippen molar-refractivity contribution < 1.29 is 13.3 Å². The van der Waals surface area contributed by atoms with Crippen molar-refractivity contribution in [3.63, 3.8) is 0 Å². The quantitative estimate of drug-likeness (QED) is 0.184. The van der Waals surface area contributed by atoms with Gasteiger partial charge in [0.05, 0.1) is 4.92 Å². The van der Waals surface area contributed by atoms with Gasteiger partial charge in [0.15, 0.2) is 0 Å². The summed E-state index contributed by atoms with van der Waals surface area (Å²) in [5.41, 5.74) is 4.44. The van der Waals surface area contributed by atoms with E-state index in [0.29, 0.717) is 44.0 Å². The summed E-state index contributed by atoms with van der Waals surface area (Å²) >= 11 is 1.27. The van der Waals surface area contributed by atoms with Gasteiger partial charge in [-0.05, 0) is 0 Å². The maximum absolute atomic E-state index is 13.3. The van der Waals surface area contributed by atoms with Gasteiger partial charge < -0.3 is 0 Å². The number of hydrogen-bond acceptors (Lipinski definition) is 6. The molecule has 182 valence electrons. The van der Waals surface area contributed by atoms with Gasteiger partial charge in [0, 0.05) is 0 Å². The van der Waals surface area contributed by atoms with E-state index in [-0.39, 0.29) is 10.6 Å². The number of aromatic nitrogens is 4. The van der Waals surface area contributed by atoms with Crippen molar-refractivity contribution in [2.24, 2.45) is 0 Å². The Kier molecular flexibility index (Phi) is 6.02. The van der Waals surface area contributed by atoms with Crippen LogP contribution in [-0.4, -0.2) is 55.4 Å². The van der Waals surface area contributed by atoms with E-state index >= 15 is 0 Å². The first-order valence-electron chi connectivity index (χ1n) is 11.1. The summed E-state index contributed by atoms with van der Waals surface area (Å²) in [4.78, 5) is 26.6. The van der Waals surface area contributed by atoms with Gasteiger partial charge in [0.2, 0.25) is 0 Å². The molecule has 0 saturated heterocycles. The zero-order valence-corrected chi connectivity index (χ0v) is 22.6. The summed E-state index contributed by atoms with van der Waals surface area (Å²) in [6.07, 6.45) is 0. The van der Waals surface area contributed by atoms with Gasteiger partial charge in [0.25, 0.3) is 0 Å². The molecule has 3 aromatic carbocycles. The fourth-order valence-corrected chi connectivity index (χ4v) is 5.81. The Balaban J connectivity index is 1.76. The van der Waals surface area contributed by atoms with Crippen LogP contribution in [0.1, 0.15) is 13.8 Å². The fraction of sp³-hybridized carbons (Fsp3) is 0.120. The standard InChI is InChI=1S/C25H22AsN5O4S/c1-14(2)36(34,35)20-13-17(12-19-23(20)30-25(26)27-19)22-21(15-6-4-3-5-7-15)28-24(29-22)16-8-10-18(11-9-16)31(32)33/h3-14H,26H2,1-2H3,(H,27,30)(H,28,29). The fourth-order valence-electron chi connectivity index (χ4n) is 3.98. The molecule has 2 N–H and O–H groups in total. The first kappa shape index (κ1) is 24.0. The number of nitrogens with one attached hydrogen (secondary N) is 2. The molecular weight excluding hydrogens is 541 g/mol. The van der Waals surface area contributed by atoms with Crippen LogP contribution < -0.4 is 4.61 Å². The van der Waals surface area contributed by atoms with Gasteiger partial charge in [-0.2, -0.15) is 0 Å². The summed E-state index contributed by atoms with van der Waals surface area (Å²) < 4.78 is 27.2. The van der Waals surface area contributed by atoms with Crippen LogP contribution in [0, 0.1) is 10.1 Å². The topological polar surface area (TPSA) is 135 Å². The Hall–Kier alpha value is -3.75. The minimum absolute atomic E-state index is 0.0148. The van der Waals surface area contributed by atoms with E-state index in [1.54, 1.807) is 32.0 Å². The first-order valence-corrected chi connectivity index (χ1v) is 13.8. The van der Waals surface area contributed by atoms with E-state index in [4.69, 9.17) is 4.98 Å². The minimum atomic E-state index is -3.63. The van der Waals surface area contributed by atoms with Crippen LogP contribution in [0.3, 0.4) is 0 Å². The second-order valence-corrected chi connectivity index (χ2v) is 12.2. The van der Waals surface area contributed by atoms with Crippen LogP contribution in [0.15, 0.2) is 71.6 Å². The number of fused-ring (bicyclic) bond motifs is 1. The molecule has 9 nitrogen and oxygen atoms in total. The second-order valence-electron chi connectivity index (χ2n) is 8.57. The van der Waals surface area contributed by atoms with Gasteiger partial charge in [-0.15, -0.1) is 0 Å². The van der Waals surface area contributed by atoms with E-state index in [9.17, 15) is 18.5 Å². The summed E-state index contributed by atoms with van der Waals surface area (Å²) in [6, 6.07) is 19.2. The number of aromatic amines is 2. The molecule has 0 radical (unpaired) electrons. The number of non-ortho nitro benzene ring substituents is 1. The number of benzene rings is 3. The molecule has 0 aliphatic heterocycles. The average molecular weight is 563 g/mol. The van der Waals surface area contributed by atoms with Crippen LogP contribution in [0.25, 0.3) is 44.9 Å². The third-order valence-corrected chi connectivity index (χ3v) is 8.63. The molecule has 0 spiro atoms. The molecule has 0 aliphatic carbocycles. The van der Waals surface area contributed by atoms with E-state index in [1.807, 2.05) is 36.4 Å². The number of imidazole rings is 2. The summed E-state index contributed by atoms with van der Waals surface area (Å²) in [5, 5.41) is 10.5. The number of H-pyrrole nitrogens is 2.